The van der Waals surface area contributed by atoms with Crippen LogP contribution in [0.1, 0.15) is 17.3 Å². The molecule has 2 rings (SSSR count). The van der Waals surface area contributed by atoms with Gasteiger partial charge in [-0.05, 0) is 49.4 Å². The standard InChI is InChI=1S/C15H14ClNO2/c1-2-19-14-8-6-11(7-9-14)15(18)17-13-5-3-4-12(16)10-13/h3-10H,2H2,1H3,(H,17,18). The van der Waals surface area contributed by atoms with Gasteiger partial charge in [-0.2, -0.15) is 0 Å². The lowest BCUT2D eigenvalue weighted by molar-refractivity contribution is 0.102. The van der Waals surface area contributed by atoms with Crippen molar-refractivity contribution in [3.63, 3.8) is 0 Å². The highest BCUT2D eigenvalue weighted by molar-refractivity contribution is 6.30. The fourth-order valence-corrected chi connectivity index (χ4v) is 1.83. The Hall–Kier alpha value is -2.00. The first-order valence-corrected chi connectivity index (χ1v) is 6.36. The summed E-state index contributed by atoms with van der Waals surface area (Å²) < 4.78 is 5.33. The van der Waals surface area contributed by atoms with E-state index in [-0.39, 0.29) is 5.91 Å². The number of anilines is 1. The molecule has 0 heterocycles. The molecule has 2 aromatic rings. The molecule has 0 radical (unpaired) electrons. The van der Waals surface area contributed by atoms with Gasteiger partial charge in [-0.25, -0.2) is 0 Å². The normalized spacial score (nSPS) is 10.0. The summed E-state index contributed by atoms with van der Waals surface area (Å²) in [7, 11) is 0. The first-order valence-electron chi connectivity index (χ1n) is 5.99. The summed E-state index contributed by atoms with van der Waals surface area (Å²) in [6.07, 6.45) is 0. The number of amides is 1. The Kier molecular flexibility index (Phi) is 4.42. The van der Waals surface area contributed by atoms with Gasteiger partial charge in [-0.1, -0.05) is 17.7 Å². The zero-order chi connectivity index (χ0) is 13.7. The molecule has 0 saturated heterocycles. The van der Waals surface area contributed by atoms with E-state index in [2.05, 4.69) is 5.32 Å². The largest absolute Gasteiger partial charge is 0.494 e. The summed E-state index contributed by atoms with van der Waals surface area (Å²) in [5, 5.41) is 3.37. The fourth-order valence-electron chi connectivity index (χ4n) is 1.64. The van der Waals surface area contributed by atoms with E-state index < -0.39 is 0 Å². The van der Waals surface area contributed by atoms with E-state index in [1.165, 1.54) is 0 Å². The van der Waals surface area contributed by atoms with Crippen molar-refractivity contribution in [2.75, 3.05) is 11.9 Å². The lowest BCUT2D eigenvalue weighted by Crippen LogP contribution is -2.11. The number of ether oxygens (including phenoxy) is 1. The Morgan fingerprint density at radius 3 is 2.58 bits per heavy atom. The lowest BCUT2D eigenvalue weighted by Gasteiger charge is -2.07. The summed E-state index contributed by atoms with van der Waals surface area (Å²) in [5.41, 5.74) is 1.25. The van der Waals surface area contributed by atoms with Crippen molar-refractivity contribution in [3.8, 4) is 5.75 Å². The van der Waals surface area contributed by atoms with Crippen LogP contribution < -0.4 is 10.1 Å². The van der Waals surface area contributed by atoms with Gasteiger partial charge in [-0.15, -0.1) is 0 Å². The number of carbonyl (C=O) groups excluding carboxylic acids is 1. The number of halogens is 1. The molecular formula is C15H14ClNO2. The van der Waals surface area contributed by atoms with Crippen molar-refractivity contribution >= 4 is 23.2 Å². The predicted octanol–water partition coefficient (Wildman–Crippen LogP) is 3.99. The second-order valence-electron chi connectivity index (χ2n) is 3.92. The van der Waals surface area contributed by atoms with Crippen molar-refractivity contribution in [3.05, 3.63) is 59.1 Å². The van der Waals surface area contributed by atoms with Gasteiger partial charge in [0.25, 0.3) is 5.91 Å². The van der Waals surface area contributed by atoms with Gasteiger partial charge in [0.05, 0.1) is 6.61 Å². The maximum absolute atomic E-state index is 12.0. The molecule has 0 aromatic heterocycles. The number of rotatable bonds is 4. The molecule has 0 fully saturated rings. The highest BCUT2D eigenvalue weighted by atomic mass is 35.5. The van der Waals surface area contributed by atoms with Crippen LogP contribution >= 0.6 is 11.6 Å². The Bertz CT molecular complexity index is 567. The molecule has 0 bridgehead atoms. The van der Waals surface area contributed by atoms with E-state index in [1.54, 1.807) is 48.5 Å². The van der Waals surface area contributed by atoms with Crippen molar-refractivity contribution in [1.82, 2.24) is 0 Å². The molecule has 0 aliphatic rings. The molecule has 0 atom stereocenters. The second-order valence-corrected chi connectivity index (χ2v) is 4.36. The zero-order valence-electron chi connectivity index (χ0n) is 10.5. The minimum absolute atomic E-state index is 0.176. The quantitative estimate of drug-likeness (QED) is 0.916. The fraction of sp³-hybridized carbons (Fsp3) is 0.133. The lowest BCUT2D eigenvalue weighted by atomic mass is 10.2. The Labute approximate surface area is 117 Å². The van der Waals surface area contributed by atoms with Crippen LogP contribution in [0, 0.1) is 0 Å². The summed E-state index contributed by atoms with van der Waals surface area (Å²) in [6, 6.07) is 14.0. The molecule has 1 amide bonds. The van der Waals surface area contributed by atoms with Crippen LogP contribution in [0.2, 0.25) is 5.02 Å². The average Bonchev–Trinajstić information content (AvgIpc) is 2.40. The van der Waals surface area contributed by atoms with Gasteiger partial charge < -0.3 is 10.1 Å². The summed E-state index contributed by atoms with van der Waals surface area (Å²) in [4.78, 5) is 12.0. The molecule has 2 aromatic carbocycles. The van der Waals surface area contributed by atoms with Gasteiger partial charge in [-0.3, -0.25) is 4.79 Å². The van der Waals surface area contributed by atoms with E-state index in [0.29, 0.717) is 22.9 Å². The number of hydrogen-bond acceptors (Lipinski definition) is 2. The summed E-state index contributed by atoms with van der Waals surface area (Å²) in [5.74, 6) is 0.576. The molecule has 19 heavy (non-hydrogen) atoms. The zero-order valence-corrected chi connectivity index (χ0v) is 11.3. The highest BCUT2D eigenvalue weighted by Crippen LogP contribution is 2.17. The Morgan fingerprint density at radius 1 is 1.21 bits per heavy atom. The number of benzene rings is 2. The monoisotopic (exact) mass is 275 g/mol. The molecule has 4 heteroatoms. The molecule has 0 aliphatic heterocycles. The number of carbonyl (C=O) groups is 1. The predicted molar refractivity (Wildman–Crippen MR) is 77.0 cm³/mol. The van der Waals surface area contributed by atoms with Crippen LogP contribution in [0.5, 0.6) is 5.75 Å². The third-order valence-corrected chi connectivity index (χ3v) is 2.75. The number of hydrogen-bond donors (Lipinski definition) is 1. The molecule has 3 nitrogen and oxygen atoms in total. The van der Waals surface area contributed by atoms with Crippen LogP contribution in [-0.4, -0.2) is 12.5 Å². The van der Waals surface area contributed by atoms with Gasteiger partial charge in [0.1, 0.15) is 5.75 Å². The highest BCUT2D eigenvalue weighted by Gasteiger charge is 2.06. The minimum Gasteiger partial charge on any atom is -0.494 e. The second kappa shape index (κ2) is 6.25. The third-order valence-electron chi connectivity index (χ3n) is 2.51. The minimum atomic E-state index is -0.176. The SMILES string of the molecule is CCOc1ccc(C(=O)Nc2cccc(Cl)c2)cc1. The van der Waals surface area contributed by atoms with Crippen LogP contribution in [0.25, 0.3) is 0 Å². The van der Waals surface area contributed by atoms with Gasteiger partial charge in [0.15, 0.2) is 0 Å². The van der Waals surface area contributed by atoms with E-state index >= 15 is 0 Å². The van der Waals surface area contributed by atoms with Crippen molar-refractivity contribution in [2.24, 2.45) is 0 Å². The van der Waals surface area contributed by atoms with E-state index in [9.17, 15) is 4.79 Å². The first kappa shape index (κ1) is 13.4. The van der Waals surface area contributed by atoms with Crippen LogP contribution in [0.4, 0.5) is 5.69 Å². The molecule has 0 aliphatic carbocycles. The maximum Gasteiger partial charge on any atom is 0.255 e. The molecule has 98 valence electrons. The smallest absolute Gasteiger partial charge is 0.255 e. The van der Waals surface area contributed by atoms with Gasteiger partial charge in [0, 0.05) is 16.3 Å². The first-order chi connectivity index (χ1) is 9.19. The molecule has 0 saturated carbocycles. The third kappa shape index (κ3) is 3.73. The maximum atomic E-state index is 12.0. The van der Waals surface area contributed by atoms with E-state index in [4.69, 9.17) is 16.3 Å². The van der Waals surface area contributed by atoms with Gasteiger partial charge >= 0.3 is 0 Å². The Morgan fingerprint density at radius 2 is 1.95 bits per heavy atom. The summed E-state index contributed by atoms with van der Waals surface area (Å²) in [6.45, 7) is 2.52. The molecule has 1 N–H and O–H groups in total. The molecule has 0 unspecified atom stereocenters. The summed E-state index contributed by atoms with van der Waals surface area (Å²) >= 11 is 5.86. The van der Waals surface area contributed by atoms with Crippen molar-refractivity contribution < 1.29 is 9.53 Å². The van der Waals surface area contributed by atoms with Crippen molar-refractivity contribution in [2.45, 2.75) is 6.92 Å². The topological polar surface area (TPSA) is 38.3 Å². The Balaban J connectivity index is 2.07. The number of nitrogens with one attached hydrogen (secondary N) is 1. The van der Waals surface area contributed by atoms with E-state index in [0.717, 1.165) is 5.75 Å². The van der Waals surface area contributed by atoms with E-state index in [1.807, 2.05) is 6.92 Å². The van der Waals surface area contributed by atoms with Crippen molar-refractivity contribution in [1.29, 1.82) is 0 Å². The molecule has 0 spiro atoms. The average molecular weight is 276 g/mol. The molecular weight excluding hydrogens is 262 g/mol. The van der Waals surface area contributed by atoms with Crippen LogP contribution in [-0.2, 0) is 0 Å². The van der Waals surface area contributed by atoms with Crippen LogP contribution in [0.3, 0.4) is 0 Å². The van der Waals surface area contributed by atoms with Gasteiger partial charge in [0.2, 0.25) is 0 Å². The van der Waals surface area contributed by atoms with Crippen LogP contribution in [0.15, 0.2) is 48.5 Å².